The number of halogens is 1. The van der Waals surface area contributed by atoms with Gasteiger partial charge in [-0.2, -0.15) is 0 Å². The van der Waals surface area contributed by atoms with Gasteiger partial charge in [0.05, 0.1) is 0 Å². The van der Waals surface area contributed by atoms with E-state index >= 15 is 0 Å². The number of hydrogen-bond acceptors (Lipinski definition) is 2. The zero-order valence-electron chi connectivity index (χ0n) is 4.39. The van der Waals surface area contributed by atoms with Crippen LogP contribution in [0.3, 0.4) is 0 Å². The van der Waals surface area contributed by atoms with Crippen LogP contribution in [0.2, 0.25) is 0 Å². The maximum Gasteiger partial charge on any atom is 0.198 e. The highest BCUT2D eigenvalue weighted by molar-refractivity contribution is 4.25. The van der Waals surface area contributed by atoms with Crippen LogP contribution in [0, 0.1) is 0 Å². The highest BCUT2D eigenvalue weighted by atomic mass is 19.1. The van der Waals surface area contributed by atoms with E-state index in [2.05, 4.69) is 4.74 Å². The molecule has 0 rings (SSSR count). The lowest BCUT2D eigenvalue weighted by atomic mass is 10.7. The van der Waals surface area contributed by atoms with Gasteiger partial charge in [0, 0.05) is 0 Å². The molecule has 0 saturated carbocycles. The maximum atomic E-state index is 11.6. The molecular formula is C4H9FO2. The first-order valence-corrected chi connectivity index (χ1v) is 2.10. The van der Waals surface area contributed by atoms with Crippen LogP contribution in [-0.4, -0.2) is 17.8 Å². The molecule has 0 aliphatic heterocycles. The Hall–Kier alpha value is -0.150. The van der Waals surface area contributed by atoms with Gasteiger partial charge in [-0.3, -0.25) is 0 Å². The third kappa shape index (κ3) is 5.85. The molecule has 0 fully saturated rings. The summed E-state index contributed by atoms with van der Waals surface area (Å²) in [4.78, 5) is 0. The number of aliphatic hydroxyl groups excluding tert-OH is 1. The van der Waals surface area contributed by atoms with E-state index in [1.54, 1.807) is 0 Å². The number of rotatable bonds is 2. The van der Waals surface area contributed by atoms with Crippen molar-refractivity contribution in [3.05, 3.63) is 0 Å². The summed E-state index contributed by atoms with van der Waals surface area (Å²) in [5, 5.41) is 8.26. The molecule has 0 aliphatic carbocycles. The number of ether oxygens (including phenoxy) is 1. The van der Waals surface area contributed by atoms with E-state index in [0.29, 0.717) is 0 Å². The van der Waals surface area contributed by atoms with Crippen LogP contribution in [0.4, 0.5) is 4.39 Å². The quantitative estimate of drug-likeness (QED) is 0.526. The first-order chi connectivity index (χ1) is 3.13. The Bertz CT molecular complexity index is 39.0. The largest absolute Gasteiger partial charge is 0.368 e. The van der Waals surface area contributed by atoms with E-state index in [1.165, 1.54) is 13.8 Å². The molecule has 7 heavy (non-hydrogen) atoms. The molecule has 2 unspecified atom stereocenters. The Morgan fingerprint density at radius 1 is 1.57 bits per heavy atom. The number of hydrogen-bond donors (Lipinski definition) is 1. The molecule has 0 heterocycles. The third-order valence-corrected chi connectivity index (χ3v) is 0.384. The van der Waals surface area contributed by atoms with Gasteiger partial charge >= 0.3 is 0 Å². The fraction of sp³-hybridized carbons (Fsp3) is 1.00. The van der Waals surface area contributed by atoms with Crippen molar-refractivity contribution in [3.63, 3.8) is 0 Å². The summed E-state index contributed by atoms with van der Waals surface area (Å²) in [6.45, 7) is 2.57. The van der Waals surface area contributed by atoms with E-state index in [-0.39, 0.29) is 0 Å². The van der Waals surface area contributed by atoms with Crippen molar-refractivity contribution in [2.24, 2.45) is 0 Å². The topological polar surface area (TPSA) is 29.5 Å². The molecule has 0 saturated heterocycles. The maximum absolute atomic E-state index is 11.6. The van der Waals surface area contributed by atoms with Crippen LogP contribution in [0.25, 0.3) is 0 Å². The van der Waals surface area contributed by atoms with Crippen LogP contribution < -0.4 is 0 Å². The summed E-state index contributed by atoms with van der Waals surface area (Å²) < 4.78 is 15.7. The van der Waals surface area contributed by atoms with Crippen molar-refractivity contribution in [2.75, 3.05) is 0 Å². The molecule has 1 N–H and O–H groups in total. The number of aliphatic hydroxyl groups is 1. The van der Waals surface area contributed by atoms with Crippen molar-refractivity contribution in [2.45, 2.75) is 26.5 Å². The molecule has 0 aliphatic rings. The molecule has 0 aromatic carbocycles. The fourth-order valence-electron chi connectivity index (χ4n) is 0.271. The summed E-state index contributed by atoms with van der Waals surface area (Å²) in [5.41, 5.74) is 0. The van der Waals surface area contributed by atoms with Gasteiger partial charge in [-0.15, -0.1) is 0 Å². The molecular weight excluding hydrogens is 99.0 g/mol. The van der Waals surface area contributed by atoms with Crippen molar-refractivity contribution in [3.8, 4) is 0 Å². The van der Waals surface area contributed by atoms with Gasteiger partial charge in [-0.05, 0) is 13.8 Å². The van der Waals surface area contributed by atoms with E-state index in [1.807, 2.05) is 0 Å². The van der Waals surface area contributed by atoms with E-state index in [0.717, 1.165) is 0 Å². The van der Waals surface area contributed by atoms with Crippen LogP contribution >= 0.6 is 0 Å². The fourth-order valence-corrected chi connectivity index (χ4v) is 0.271. The lowest BCUT2D eigenvalue weighted by Crippen LogP contribution is -2.11. The van der Waals surface area contributed by atoms with Crippen LogP contribution in [0.15, 0.2) is 0 Å². The normalized spacial score (nSPS) is 18.9. The summed E-state index contributed by atoms with van der Waals surface area (Å²) in [5.74, 6) is 0. The van der Waals surface area contributed by atoms with Gasteiger partial charge in [0.15, 0.2) is 12.6 Å². The predicted molar refractivity (Wildman–Crippen MR) is 23.3 cm³/mol. The Balaban J connectivity index is 2.95. The van der Waals surface area contributed by atoms with Gasteiger partial charge in [0.2, 0.25) is 0 Å². The van der Waals surface area contributed by atoms with Gasteiger partial charge in [-0.25, -0.2) is 4.39 Å². The molecule has 2 nitrogen and oxygen atoms in total. The van der Waals surface area contributed by atoms with Gasteiger partial charge in [0.1, 0.15) is 0 Å². The monoisotopic (exact) mass is 108 g/mol. The standard InChI is InChI=1S/C4H9FO2/c1-3(5)7-4(2)6/h3-4,6H,1-2H3. The second kappa shape index (κ2) is 2.93. The first kappa shape index (κ1) is 6.85. The molecule has 44 valence electrons. The Labute approximate surface area is 41.9 Å². The SMILES string of the molecule is CC(O)OC(C)F. The summed E-state index contributed by atoms with van der Waals surface area (Å²) in [6.07, 6.45) is -2.38. The van der Waals surface area contributed by atoms with Crippen LogP contribution in [0.5, 0.6) is 0 Å². The van der Waals surface area contributed by atoms with Gasteiger partial charge in [0.25, 0.3) is 0 Å². The van der Waals surface area contributed by atoms with E-state index < -0.39 is 12.6 Å². The zero-order chi connectivity index (χ0) is 5.86. The molecule has 2 atom stereocenters. The van der Waals surface area contributed by atoms with Crippen molar-refractivity contribution < 1.29 is 14.2 Å². The van der Waals surface area contributed by atoms with Crippen LogP contribution in [0.1, 0.15) is 13.8 Å². The molecule has 3 heteroatoms. The molecule has 0 radical (unpaired) electrons. The van der Waals surface area contributed by atoms with Gasteiger partial charge < -0.3 is 9.84 Å². The summed E-state index contributed by atoms with van der Waals surface area (Å²) in [6, 6.07) is 0. The second-order valence-electron chi connectivity index (χ2n) is 1.28. The minimum atomic E-state index is -1.38. The van der Waals surface area contributed by atoms with Gasteiger partial charge in [-0.1, -0.05) is 0 Å². The summed E-state index contributed by atoms with van der Waals surface area (Å²) in [7, 11) is 0. The minimum Gasteiger partial charge on any atom is -0.368 e. The number of alkyl halides is 1. The zero-order valence-corrected chi connectivity index (χ0v) is 4.39. The average Bonchev–Trinajstić information content (AvgIpc) is 1.27. The van der Waals surface area contributed by atoms with E-state index in [4.69, 9.17) is 5.11 Å². The van der Waals surface area contributed by atoms with Crippen molar-refractivity contribution >= 4 is 0 Å². The Morgan fingerprint density at radius 3 is 2.00 bits per heavy atom. The van der Waals surface area contributed by atoms with E-state index in [9.17, 15) is 4.39 Å². The first-order valence-electron chi connectivity index (χ1n) is 2.10. The third-order valence-electron chi connectivity index (χ3n) is 0.384. The molecule has 0 aromatic heterocycles. The van der Waals surface area contributed by atoms with Crippen LogP contribution in [-0.2, 0) is 4.74 Å². The summed E-state index contributed by atoms with van der Waals surface area (Å²) >= 11 is 0. The smallest absolute Gasteiger partial charge is 0.198 e. The lowest BCUT2D eigenvalue weighted by molar-refractivity contribution is -0.159. The lowest BCUT2D eigenvalue weighted by Gasteiger charge is -2.04. The molecule has 0 aromatic rings. The van der Waals surface area contributed by atoms with Crippen molar-refractivity contribution in [1.82, 2.24) is 0 Å². The minimum absolute atomic E-state index is 1.00. The molecule has 0 bridgehead atoms. The second-order valence-corrected chi connectivity index (χ2v) is 1.28. The van der Waals surface area contributed by atoms with Crippen molar-refractivity contribution in [1.29, 1.82) is 0 Å². The Kier molecular flexibility index (Phi) is 2.87. The molecule has 0 amide bonds. The highest BCUT2D eigenvalue weighted by Gasteiger charge is 1.99. The predicted octanol–water partition coefficient (Wildman–Crippen LogP) is 0.657. The molecule has 0 spiro atoms. The Morgan fingerprint density at radius 2 is 2.00 bits per heavy atom. The average molecular weight is 108 g/mol. The highest BCUT2D eigenvalue weighted by Crippen LogP contribution is 1.93.